The largest absolute Gasteiger partial charge is 0.361 e. The molecule has 2 N–H and O–H groups in total. The van der Waals surface area contributed by atoms with E-state index in [2.05, 4.69) is 31.7 Å². The van der Waals surface area contributed by atoms with Gasteiger partial charge in [-0.05, 0) is 51.0 Å². The van der Waals surface area contributed by atoms with Crippen molar-refractivity contribution in [2.75, 3.05) is 11.9 Å². The topological polar surface area (TPSA) is 84.2 Å². The molecule has 2 aromatic rings. The van der Waals surface area contributed by atoms with Crippen molar-refractivity contribution in [1.82, 2.24) is 10.5 Å². The van der Waals surface area contributed by atoms with Gasteiger partial charge in [0.2, 0.25) is 11.8 Å². The van der Waals surface area contributed by atoms with Crippen molar-refractivity contribution in [3.05, 3.63) is 45.3 Å². The predicted octanol–water partition coefficient (Wildman–Crippen LogP) is 3.05. The van der Waals surface area contributed by atoms with Crippen LogP contribution in [-0.4, -0.2) is 23.5 Å². The summed E-state index contributed by atoms with van der Waals surface area (Å²) in [6.07, 6.45) is 0.827. The zero-order chi connectivity index (χ0) is 17.7. The number of nitrogens with one attached hydrogen (secondary N) is 2. The summed E-state index contributed by atoms with van der Waals surface area (Å²) in [5, 5.41) is 9.23. The van der Waals surface area contributed by atoms with Crippen LogP contribution in [0.5, 0.6) is 0 Å². The van der Waals surface area contributed by atoms with Gasteiger partial charge in [0, 0.05) is 22.1 Å². The van der Waals surface area contributed by atoms with Crippen LogP contribution in [0.1, 0.15) is 29.0 Å². The van der Waals surface area contributed by atoms with Gasteiger partial charge in [-0.2, -0.15) is 0 Å². The quantitative estimate of drug-likeness (QED) is 0.789. The molecular formula is C17H20BrN3O3. The lowest BCUT2D eigenvalue weighted by atomic mass is 10.1. The number of amides is 2. The molecule has 128 valence electrons. The highest BCUT2D eigenvalue weighted by atomic mass is 79.9. The summed E-state index contributed by atoms with van der Waals surface area (Å²) in [5.74, 6) is 0.281. The Bertz CT molecular complexity index is 736. The Hall–Kier alpha value is -2.15. The Morgan fingerprint density at radius 1 is 1.21 bits per heavy atom. The van der Waals surface area contributed by atoms with E-state index in [1.165, 1.54) is 0 Å². The number of rotatable bonds is 6. The molecule has 1 heterocycles. The van der Waals surface area contributed by atoms with Crippen LogP contribution in [0.15, 0.2) is 27.2 Å². The third-order valence-corrected chi connectivity index (χ3v) is 4.56. The number of carbonyl (C=O) groups excluding carboxylic acids is 2. The number of aryl methyl sites for hydroxylation is 3. The summed E-state index contributed by atoms with van der Waals surface area (Å²) in [6.45, 7) is 5.55. The Morgan fingerprint density at radius 3 is 2.58 bits per heavy atom. The fraction of sp³-hybridized carbons (Fsp3) is 0.353. The lowest BCUT2D eigenvalue weighted by Crippen LogP contribution is -2.33. The molecule has 0 radical (unpaired) electrons. The van der Waals surface area contributed by atoms with Crippen LogP contribution in [0.2, 0.25) is 0 Å². The minimum atomic E-state index is -0.262. The highest BCUT2D eigenvalue weighted by Crippen LogP contribution is 2.19. The van der Waals surface area contributed by atoms with E-state index in [0.29, 0.717) is 12.1 Å². The third-order valence-electron chi connectivity index (χ3n) is 3.67. The number of halogens is 1. The van der Waals surface area contributed by atoms with Crippen molar-refractivity contribution in [2.24, 2.45) is 0 Å². The number of hydrogen-bond donors (Lipinski definition) is 2. The minimum absolute atomic E-state index is 0.0600. The molecule has 2 amide bonds. The van der Waals surface area contributed by atoms with E-state index in [-0.39, 0.29) is 24.8 Å². The first-order valence-corrected chi connectivity index (χ1v) is 8.40. The molecule has 7 heteroatoms. The fourth-order valence-electron chi connectivity index (χ4n) is 2.29. The first-order chi connectivity index (χ1) is 11.4. The summed E-state index contributed by atoms with van der Waals surface area (Å²) in [4.78, 5) is 23.8. The molecule has 0 aliphatic heterocycles. The van der Waals surface area contributed by atoms with Crippen LogP contribution in [0, 0.1) is 20.8 Å². The van der Waals surface area contributed by atoms with Crippen molar-refractivity contribution in [3.63, 3.8) is 0 Å². The fourth-order valence-corrected chi connectivity index (χ4v) is 2.54. The average Bonchev–Trinajstić information content (AvgIpc) is 2.85. The van der Waals surface area contributed by atoms with Gasteiger partial charge in [-0.25, -0.2) is 0 Å². The van der Waals surface area contributed by atoms with Crippen molar-refractivity contribution in [3.8, 4) is 0 Å². The second-order valence-electron chi connectivity index (χ2n) is 5.59. The van der Waals surface area contributed by atoms with E-state index in [0.717, 1.165) is 27.1 Å². The van der Waals surface area contributed by atoms with Crippen LogP contribution in [-0.2, 0) is 16.0 Å². The number of carbonyl (C=O) groups is 2. The van der Waals surface area contributed by atoms with E-state index in [4.69, 9.17) is 4.52 Å². The number of nitrogens with zero attached hydrogens (tertiary/aromatic N) is 1. The summed E-state index contributed by atoms with van der Waals surface area (Å²) < 4.78 is 6.04. The van der Waals surface area contributed by atoms with Gasteiger partial charge in [0.1, 0.15) is 5.76 Å². The summed E-state index contributed by atoms with van der Waals surface area (Å²) in [5.41, 5.74) is 3.46. The molecule has 0 fully saturated rings. The predicted molar refractivity (Wildman–Crippen MR) is 94.8 cm³/mol. The average molecular weight is 394 g/mol. The first-order valence-electron chi connectivity index (χ1n) is 7.61. The molecule has 2 rings (SSSR count). The highest BCUT2D eigenvalue weighted by molar-refractivity contribution is 9.10. The molecule has 0 bridgehead atoms. The Balaban J connectivity index is 1.76. The maximum absolute atomic E-state index is 11.9. The van der Waals surface area contributed by atoms with Gasteiger partial charge in [0.05, 0.1) is 12.2 Å². The normalized spacial score (nSPS) is 10.5. The maximum atomic E-state index is 11.9. The van der Waals surface area contributed by atoms with Gasteiger partial charge < -0.3 is 15.2 Å². The maximum Gasteiger partial charge on any atom is 0.243 e. The van der Waals surface area contributed by atoms with Crippen LogP contribution in [0.4, 0.5) is 5.69 Å². The number of aromatic nitrogens is 1. The van der Waals surface area contributed by atoms with Crippen LogP contribution in [0.25, 0.3) is 0 Å². The van der Waals surface area contributed by atoms with E-state index >= 15 is 0 Å². The van der Waals surface area contributed by atoms with Gasteiger partial charge >= 0.3 is 0 Å². The SMILES string of the molecule is Cc1cc(NC(=O)CNC(=O)CCc2c(C)noc2C)ccc1Br. The first kappa shape index (κ1) is 18.2. The van der Waals surface area contributed by atoms with E-state index < -0.39 is 0 Å². The van der Waals surface area contributed by atoms with Crippen molar-refractivity contribution in [2.45, 2.75) is 33.6 Å². The van der Waals surface area contributed by atoms with E-state index in [9.17, 15) is 9.59 Å². The monoisotopic (exact) mass is 393 g/mol. The molecule has 0 aliphatic rings. The van der Waals surface area contributed by atoms with Gasteiger partial charge in [0.15, 0.2) is 0 Å². The molecule has 0 spiro atoms. The minimum Gasteiger partial charge on any atom is -0.361 e. The second kappa shape index (κ2) is 8.10. The molecule has 0 saturated carbocycles. The molecule has 24 heavy (non-hydrogen) atoms. The molecule has 6 nitrogen and oxygen atoms in total. The standard InChI is InChI=1S/C17H20BrN3O3/c1-10-8-13(4-6-15(10)18)20-17(23)9-19-16(22)7-5-14-11(2)21-24-12(14)3/h4,6,8H,5,7,9H2,1-3H3,(H,19,22)(H,20,23). The smallest absolute Gasteiger partial charge is 0.243 e. The molecule has 1 aromatic carbocycles. The van der Waals surface area contributed by atoms with Crippen LogP contribution in [0.3, 0.4) is 0 Å². The van der Waals surface area contributed by atoms with Gasteiger partial charge in [-0.3, -0.25) is 9.59 Å². The summed E-state index contributed by atoms with van der Waals surface area (Å²) >= 11 is 3.41. The Labute approximate surface area is 149 Å². The van der Waals surface area contributed by atoms with Crippen LogP contribution >= 0.6 is 15.9 Å². The summed E-state index contributed by atoms with van der Waals surface area (Å²) in [6, 6.07) is 5.53. The van der Waals surface area contributed by atoms with Crippen molar-refractivity contribution in [1.29, 1.82) is 0 Å². The number of hydrogen-bond acceptors (Lipinski definition) is 4. The molecule has 0 unspecified atom stereocenters. The van der Waals surface area contributed by atoms with Crippen molar-refractivity contribution >= 4 is 33.4 Å². The molecule has 1 aromatic heterocycles. The lowest BCUT2D eigenvalue weighted by Gasteiger charge is -2.08. The Kier molecular flexibility index (Phi) is 6.14. The van der Waals surface area contributed by atoms with Crippen molar-refractivity contribution < 1.29 is 14.1 Å². The lowest BCUT2D eigenvalue weighted by molar-refractivity contribution is -0.124. The Morgan fingerprint density at radius 2 is 1.96 bits per heavy atom. The van der Waals surface area contributed by atoms with Gasteiger partial charge in [-0.1, -0.05) is 21.1 Å². The number of anilines is 1. The van der Waals surface area contributed by atoms with Gasteiger partial charge in [0.25, 0.3) is 0 Å². The molecule has 0 atom stereocenters. The van der Waals surface area contributed by atoms with E-state index in [1.54, 1.807) is 6.07 Å². The molecular weight excluding hydrogens is 374 g/mol. The highest BCUT2D eigenvalue weighted by Gasteiger charge is 2.12. The molecule has 0 aliphatic carbocycles. The molecule has 0 saturated heterocycles. The zero-order valence-corrected chi connectivity index (χ0v) is 15.5. The second-order valence-corrected chi connectivity index (χ2v) is 6.45. The summed E-state index contributed by atoms with van der Waals surface area (Å²) in [7, 11) is 0. The third kappa shape index (κ3) is 4.92. The number of benzene rings is 1. The zero-order valence-electron chi connectivity index (χ0n) is 13.9. The van der Waals surface area contributed by atoms with Gasteiger partial charge in [-0.15, -0.1) is 0 Å². The van der Waals surface area contributed by atoms with Crippen LogP contribution < -0.4 is 10.6 Å². The van der Waals surface area contributed by atoms with E-state index in [1.807, 2.05) is 32.9 Å².